The van der Waals surface area contributed by atoms with E-state index in [4.69, 9.17) is 16.4 Å². The number of hydrogen-bond acceptors (Lipinski definition) is 7. The fraction of sp³-hybridized carbons (Fsp3) is 0. The van der Waals surface area contributed by atoms with Gasteiger partial charge in [0.2, 0.25) is 0 Å². The van der Waals surface area contributed by atoms with Crippen LogP contribution in [0.5, 0.6) is 0 Å². The van der Waals surface area contributed by atoms with E-state index in [9.17, 15) is 19.7 Å². The minimum absolute atomic E-state index is 0.0304. The number of rotatable bonds is 6. The molecule has 0 spiro atoms. The highest BCUT2D eigenvalue weighted by atomic mass is 35.5. The predicted molar refractivity (Wildman–Crippen MR) is 109 cm³/mol. The van der Waals surface area contributed by atoms with Crippen molar-refractivity contribution in [2.75, 3.05) is 5.48 Å². The van der Waals surface area contributed by atoms with Gasteiger partial charge in [0.1, 0.15) is 0 Å². The normalized spacial score (nSPS) is 10.6. The van der Waals surface area contributed by atoms with Crippen LogP contribution in [0.25, 0.3) is 0 Å². The van der Waals surface area contributed by atoms with Crippen molar-refractivity contribution in [3.05, 3.63) is 99.1 Å². The molecule has 1 amide bonds. The third-order valence-corrected chi connectivity index (χ3v) is 4.02. The largest absolute Gasteiger partial charge is 0.363 e. The van der Waals surface area contributed by atoms with E-state index in [1.807, 2.05) is 0 Å². The maximum atomic E-state index is 12.0. The summed E-state index contributed by atoms with van der Waals surface area (Å²) in [7, 11) is 0. The van der Waals surface area contributed by atoms with Crippen LogP contribution in [0.3, 0.4) is 0 Å². The molecule has 3 rings (SSSR count). The van der Waals surface area contributed by atoms with E-state index in [-0.39, 0.29) is 11.3 Å². The molecule has 0 unspecified atom stereocenters. The molecule has 3 aromatic rings. The number of nitro benzene ring substituents is 1. The van der Waals surface area contributed by atoms with E-state index >= 15 is 0 Å². The zero-order chi connectivity index (χ0) is 21.5. The first-order valence-electron chi connectivity index (χ1n) is 8.46. The lowest BCUT2D eigenvalue weighted by atomic mass is 10.2. The van der Waals surface area contributed by atoms with Gasteiger partial charge in [-0.05, 0) is 54.6 Å². The van der Waals surface area contributed by atoms with Gasteiger partial charge in [-0.25, -0.2) is 10.3 Å². The molecule has 0 fully saturated rings. The van der Waals surface area contributed by atoms with Crippen molar-refractivity contribution in [3.63, 3.8) is 0 Å². The predicted octanol–water partition coefficient (Wildman–Crippen LogP) is 5.36. The molecule has 0 aliphatic carbocycles. The van der Waals surface area contributed by atoms with Crippen molar-refractivity contribution >= 4 is 40.5 Å². The number of amides is 1. The molecule has 0 aliphatic heterocycles. The second kappa shape index (κ2) is 9.39. The Morgan fingerprint density at radius 3 is 2.33 bits per heavy atom. The summed E-state index contributed by atoms with van der Waals surface area (Å²) in [5.74, 6) is -1.30. The first-order chi connectivity index (χ1) is 14.4. The topological polar surface area (TPSA) is 123 Å². The Balaban J connectivity index is 1.57. The minimum atomic E-state index is -0.781. The van der Waals surface area contributed by atoms with Gasteiger partial charge in [-0.3, -0.25) is 14.9 Å². The highest BCUT2D eigenvalue weighted by molar-refractivity contribution is 6.30. The second-order valence-corrected chi connectivity index (χ2v) is 6.29. The molecule has 30 heavy (non-hydrogen) atoms. The zero-order valence-electron chi connectivity index (χ0n) is 15.2. The summed E-state index contributed by atoms with van der Waals surface area (Å²) in [5, 5.41) is 18.8. The summed E-state index contributed by atoms with van der Waals surface area (Å²) < 4.78 is 0. The van der Waals surface area contributed by atoms with Gasteiger partial charge >= 0.3 is 5.97 Å². The quantitative estimate of drug-likeness (QED) is 0.323. The molecule has 9 nitrogen and oxygen atoms in total. The van der Waals surface area contributed by atoms with E-state index in [1.165, 1.54) is 18.2 Å². The summed E-state index contributed by atoms with van der Waals surface area (Å²) in [6.45, 7) is 0. The molecule has 10 heteroatoms. The Kier molecular flexibility index (Phi) is 6.46. The first kappa shape index (κ1) is 20.6. The van der Waals surface area contributed by atoms with Gasteiger partial charge in [-0.15, -0.1) is 10.2 Å². The molecule has 0 saturated heterocycles. The van der Waals surface area contributed by atoms with Crippen LogP contribution in [0.1, 0.15) is 20.7 Å². The highest BCUT2D eigenvalue weighted by Gasteiger charge is 2.13. The van der Waals surface area contributed by atoms with Crippen LogP contribution in [-0.2, 0) is 4.84 Å². The second-order valence-electron chi connectivity index (χ2n) is 5.86. The van der Waals surface area contributed by atoms with Crippen LogP contribution >= 0.6 is 11.6 Å². The fourth-order valence-corrected chi connectivity index (χ4v) is 2.39. The van der Waals surface area contributed by atoms with Crippen molar-refractivity contribution in [1.82, 2.24) is 0 Å². The molecular weight excluding hydrogens is 412 g/mol. The Hall–Kier alpha value is -4.11. The van der Waals surface area contributed by atoms with Gasteiger partial charge in [0.25, 0.3) is 11.6 Å². The Morgan fingerprint density at radius 2 is 1.67 bits per heavy atom. The fourth-order valence-electron chi connectivity index (χ4n) is 2.26. The van der Waals surface area contributed by atoms with Crippen LogP contribution in [-0.4, -0.2) is 16.8 Å². The summed E-state index contributed by atoms with van der Waals surface area (Å²) in [5.41, 5.74) is 3.45. The SMILES string of the molecule is O=C(N=Nc1ccc(NOC(=O)c2cccc([N+](=O)[O-])c2)cc1)c1ccc(Cl)cc1. The summed E-state index contributed by atoms with van der Waals surface area (Å²) in [6.07, 6.45) is 0. The lowest BCUT2D eigenvalue weighted by Gasteiger charge is -2.06. The molecule has 0 saturated carbocycles. The summed E-state index contributed by atoms with van der Waals surface area (Å²) in [4.78, 5) is 39.1. The Morgan fingerprint density at radius 1 is 0.967 bits per heavy atom. The number of nitro groups is 1. The van der Waals surface area contributed by atoms with Crippen LogP contribution in [0.4, 0.5) is 17.1 Å². The number of halogens is 1. The standard InChI is InChI=1S/C20H13ClN4O5/c21-15-6-4-13(5-7-15)19(26)23-22-16-8-10-17(11-9-16)24-30-20(27)14-2-1-3-18(12-14)25(28)29/h1-12,24H. The molecule has 0 bridgehead atoms. The summed E-state index contributed by atoms with van der Waals surface area (Å²) >= 11 is 5.77. The third-order valence-electron chi connectivity index (χ3n) is 3.77. The molecule has 0 aliphatic rings. The molecule has 0 radical (unpaired) electrons. The molecule has 150 valence electrons. The molecule has 1 N–H and O–H groups in total. The lowest BCUT2D eigenvalue weighted by molar-refractivity contribution is -0.384. The number of carbonyl (C=O) groups is 2. The molecule has 0 atom stereocenters. The molecule has 0 aromatic heterocycles. The number of non-ortho nitro benzene ring substituents is 1. The zero-order valence-corrected chi connectivity index (χ0v) is 15.9. The Bertz CT molecular complexity index is 1110. The van der Waals surface area contributed by atoms with E-state index in [1.54, 1.807) is 48.5 Å². The van der Waals surface area contributed by atoms with Crippen molar-refractivity contribution in [2.24, 2.45) is 10.2 Å². The Labute approximate surface area is 175 Å². The van der Waals surface area contributed by atoms with Crippen molar-refractivity contribution in [3.8, 4) is 0 Å². The maximum Gasteiger partial charge on any atom is 0.363 e. The highest BCUT2D eigenvalue weighted by Crippen LogP contribution is 2.19. The van der Waals surface area contributed by atoms with Gasteiger partial charge in [-0.2, -0.15) is 0 Å². The van der Waals surface area contributed by atoms with Crippen LogP contribution in [0.15, 0.2) is 83.0 Å². The number of hydrogen-bond donors (Lipinski definition) is 1. The van der Waals surface area contributed by atoms with Crippen molar-refractivity contribution in [2.45, 2.75) is 0 Å². The number of nitrogens with zero attached hydrogens (tertiary/aromatic N) is 3. The average Bonchev–Trinajstić information content (AvgIpc) is 2.77. The molecule has 0 heterocycles. The van der Waals surface area contributed by atoms with E-state index in [0.29, 0.717) is 22.0 Å². The maximum absolute atomic E-state index is 12.0. The van der Waals surface area contributed by atoms with Crippen LogP contribution < -0.4 is 5.48 Å². The molecular formula is C20H13ClN4O5. The van der Waals surface area contributed by atoms with Gasteiger partial charge in [-0.1, -0.05) is 17.7 Å². The van der Waals surface area contributed by atoms with E-state index < -0.39 is 16.8 Å². The van der Waals surface area contributed by atoms with Crippen molar-refractivity contribution in [1.29, 1.82) is 0 Å². The number of carbonyl (C=O) groups excluding carboxylic acids is 2. The van der Waals surface area contributed by atoms with Crippen molar-refractivity contribution < 1.29 is 19.3 Å². The number of azo groups is 1. The molecule has 3 aromatic carbocycles. The van der Waals surface area contributed by atoms with Gasteiger partial charge in [0, 0.05) is 22.7 Å². The van der Waals surface area contributed by atoms with Gasteiger partial charge in [0.15, 0.2) is 0 Å². The minimum Gasteiger partial charge on any atom is -0.338 e. The van der Waals surface area contributed by atoms with E-state index in [0.717, 1.165) is 6.07 Å². The summed E-state index contributed by atoms with van der Waals surface area (Å²) in [6, 6.07) is 17.7. The number of benzene rings is 3. The average molecular weight is 425 g/mol. The number of nitrogens with one attached hydrogen (secondary N) is 1. The van der Waals surface area contributed by atoms with Gasteiger partial charge < -0.3 is 4.84 Å². The smallest absolute Gasteiger partial charge is 0.338 e. The monoisotopic (exact) mass is 424 g/mol. The van der Waals surface area contributed by atoms with Gasteiger partial charge in [0.05, 0.1) is 21.9 Å². The van der Waals surface area contributed by atoms with Crippen LogP contribution in [0.2, 0.25) is 5.02 Å². The first-order valence-corrected chi connectivity index (χ1v) is 8.83. The van der Waals surface area contributed by atoms with Crippen LogP contribution in [0, 0.1) is 10.1 Å². The number of anilines is 1. The lowest BCUT2D eigenvalue weighted by Crippen LogP contribution is -2.10. The third kappa shape index (κ3) is 5.46. The van der Waals surface area contributed by atoms with E-state index in [2.05, 4.69) is 15.7 Å².